The topological polar surface area (TPSA) is 80.8 Å². The summed E-state index contributed by atoms with van der Waals surface area (Å²) >= 11 is 12.1. The van der Waals surface area contributed by atoms with Crippen LogP contribution in [0.25, 0.3) is 10.9 Å². The van der Waals surface area contributed by atoms with Gasteiger partial charge in [0.25, 0.3) is 0 Å². The van der Waals surface area contributed by atoms with Crippen LogP contribution in [0.4, 0.5) is 0 Å². The lowest BCUT2D eigenvalue weighted by molar-refractivity contribution is -0.136. The van der Waals surface area contributed by atoms with Gasteiger partial charge in [0.1, 0.15) is 23.9 Å². The third-order valence-corrected chi connectivity index (χ3v) is 5.71. The molecular formula is C26H23Cl2NO5. The molecule has 0 atom stereocenters. The van der Waals surface area contributed by atoms with E-state index < -0.39 is 5.97 Å². The van der Waals surface area contributed by atoms with Gasteiger partial charge in [0.2, 0.25) is 0 Å². The molecule has 34 heavy (non-hydrogen) atoms. The van der Waals surface area contributed by atoms with Gasteiger partial charge >= 0.3 is 5.97 Å². The van der Waals surface area contributed by atoms with E-state index in [0.29, 0.717) is 53.5 Å². The Hall–Kier alpha value is -3.35. The summed E-state index contributed by atoms with van der Waals surface area (Å²) in [6.45, 7) is 1.27. The fraction of sp³-hybridized carbons (Fsp3) is 0.192. The molecule has 6 nitrogen and oxygen atoms in total. The molecule has 1 heterocycles. The average Bonchev–Trinajstić information content (AvgIpc) is 3.20. The highest BCUT2D eigenvalue weighted by Gasteiger charge is 2.09. The van der Waals surface area contributed by atoms with E-state index in [2.05, 4.69) is 4.98 Å². The van der Waals surface area contributed by atoms with Crippen LogP contribution in [0.5, 0.6) is 17.2 Å². The van der Waals surface area contributed by atoms with Gasteiger partial charge in [-0.15, -0.1) is 0 Å². The molecule has 0 saturated heterocycles. The molecule has 0 aliphatic heterocycles. The predicted octanol–water partition coefficient (Wildman–Crippen LogP) is 6.53. The molecule has 0 fully saturated rings. The molecule has 176 valence electrons. The summed E-state index contributed by atoms with van der Waals surface area (Å²) in [6, 6.07) is 18.3. The van der Waals surface area contributed by atoms with Gasteiger partial charge in [-0.1, -0.05) is 35.3 Å². The smallest absolute Gasteiger partial charge is 0.307 e. The second-order valence-electron chi connectivity index (χ2n) is 7.64. The summed E-state index contributed by atoms with van der Waals surface area (Å²) in [6.07, 6.45) is 2.36. The number of aromatic amines is 1. The van der Waals surface area contributed by atoms with Crippen molar-refractivity contribution in [1.29, 1.82) is 0 Å². The van der Waals surface area contributed by atoms with Crippen LogP contribution < -0.4 is 14.2 Å². The van der Waals surface area contributed by atoms with E-state index in [1.54, 1.807) is 18.3 Å². The minimum absolute atomic E-state index is 0.0349. The lowest BCUT2D eigenvalue weighted by atomic mass is 10.1. The molecule has 0 amide bonds. The van der Waals surface area contributed by atoms with Gasteiger partial charge in [-0.25, -0.2) is 0 Å². The first kappa shape index (κ1) is 23.8. The Morgan fingerprint density at radius 2 is 1.59 bits per heavy atom. The van der Waals surface area contributed by atoms with Crippen molar-refractivity contribution in [2.75, 3.05) is 13.2 Å². The second kappa shape index (κ2) is 11.2. The minimum atomic E-state index is -0.868. The highest BCUT2D eigenvalue weighted by atomic mass is 35.5. The highest BCUT2D eigenvalue weighted by molar-refractivity contribution is 6.35. The Labute approximate surface area is 207 Å². The molecule has 4 aromatic rings. The van der Waals surface area contributed by atoms with Crippen molar-refractivity contribution in [3.63, 3.8) is 0 Å². The molecule has 3 aromatic carbocycles. The lowest BCUT2D eigenvalue weighted by Gasteiger charge is -2.11. The second-order valence-corrected chi connectivity index (χ2v) is 8.49. The van der Waals surface area contributed by atoms with Gasteiger partial charge in [0.05, 0.1) is 19.6 Å². The zero-order valence-corrected chi connectivity index (χ0v) is 19.7. The number of carboxylic acid groups (broad SMARTS) is 1. The van der Waals surface area contributed by atoms with E-state index in [-0.39, 0.29) is 6.42 Å². The monoisotopic (exact) mass is 499 g/mol. The van der Waals surface area contributed by atoms with E-state index >= 15 is 0 Å². The summed E-state index contributed by atoms with van der Waals surface area (Å²) in [5.74, 6) is 1.20. The number of fused-ring (bicyclic) bond motifs is 1. The summed E-state index contributed by atoms with van der Waals surface area (Å²) in [5, 5.41) is 11.1. The standard InChI is InChI=1S/C26H23Cl2NO5/c27-19-6-5-17(24(28)12-19)16-34-21-4-1-3-20(13-21)32-9-2-10-33-22-7-8-25-23(14-22)18(15-29-25)11-26(30)31/h1,3-8,12-15,29H,2,9-11,16H2,(H,30,31). The maximum atomic E-state index is 11.0. The number of hydrogen-bond donors (Lipinski definition) is 2. The number of benzene rings is 3. The Kier molecular flexibility index (Phi) is 7.83. The SMILES string of the molecule is O=C(O)Cc1c[nH]c2ccc(OCCCOc3cccc(OCc4ccc(Cl)cc4Cl)c3)cc12. The van der Waals surface area contributed by atoms with Gasteiger partial charge in [0.15, 0.2) is 0 Å². The Balaban J connectivity index is 1.24. The molecule has 2 N–H and O–H groups in total. The molecule has 1 aromatic heterocycles. The number of carboxylic acids is 1. The first-order chi connectivity index (χ1) is 16.5. The third-order valence-electron chi connectivity index (χ3n) is 5.12. The molecule has 8 heteroatoms. The minimum Gasteiger partial charge on any atom is -0.493 e. The number of halogens is 2. The molecule has 0 radical (unpaired) electrons. The van der Waals surface area contributed by atoms with Crippen molar-refractivity contribution in [3.05, 3.63) is 88.0 Å². The number of rotatable bonds is 11. The van der Waals surface area contributed by atoms with Crippen LogP contribution in [0.2, 0.25) is 10.0 Å². The van der Waals surface area contributed by atoms with E-state index in [9.17, 15) is 4.79 Å². The normalized spacial score (nSPS) is 10.9. The molecule has 0 spiro atoms. The van der Waals surface area contributed by atoms with Gasteiger partial charge in [0, 0.05) is 45.2 Å². The first-order valence-electron chi connectivity index (χ1n) is 10.7. The maximum absolute atomic E-state index is 11.0. The van der Waals surface area contributed by atoms with Crippen LogP contribution in [-0.2, 0) is 17.8 Å². The molecule has 0 bridgehead atoms. The van der Waals surface area contributed by atoms with Crippen LogP contribution in [0.3, 0.4) is 0 Å². The first-order valence-corrected chi connectivity index (χ1v) is 11.5. The largest absolute Gasteiger partial charge is 0.493 e. The summed E-state index contributed by atoms with van der Waals surface area (Å²) in [5.41, 5.74) is 2.46. The highest BCUT2D eigenvalue weighted by Crippen LogP contribution is 2.26. The van der Waals surface area contributed by atoms with Crippen molar-refractivity contribution in [3.8, 4) is 17.2 Å². The zero-order valence-electron chi connectivity index (χ0n) is 18.2. The lowest BCUT2D eigenvalue weighted by Crippen LogP contribution is -2.05. The molecular weight excluding hydrogens is 477 g/mol. The van der Waals surface area contributed by atoms with Gasteiger partial charge in [-0.2, -0.15) is 0 Å². The number of ether oxygens (including phenoxy) is 3. The van der Waals surface area contributed by atoms with Crippen molar-refractivity contribution < 1.29 is 24.1 Å². The van der Waals surface area contributed by atoms with Crippen molar-refractivity contribution in [2.24, 2.45) is 0 Å². The van der Waals surface area contributed by atoms with Crippen molar-refractivity contribution in [2.45, 2.75) is 19.4 Å². The Bertz CT molecular complexity index is 1290. The molecule has 0 unspecified atom stereocenters. The fourth-order valence-electron chi connectivity index (χ4n) is 3.45. The van der Waals surface area contributed by atoms with E-state index in [4.69, 9.17) is 42.5 Å². The average molecular weight is 500 g/mol. The van der Waals surface area contributed by atoms with Crippen LogP contribution in [0, 0.1) is 0 Å². The van der Waals surface area contributed by atoms with E-state index in [0.717, 1.165) is 22.0 Å². The number of aromatic nitrogens is 1. The third kappa shape index (κ3) is 6.37. The fourth-order valence-corrected chi connectivity index (χ4v) is 3.91. The zero-order chi connectivity index (χ0) is 23.9. The van der Waals surface area contributed by atoms with E-state index in [1.165, 1.54) is 0 Å². The van der Waals surface area contributed by atoms with Crippen LogP contribution in [0.15, 0.2) is 66.9 Å². The number of aliphatic carboxylic acids is 1. The quantitative estimate of drug-likeness (QED) is 0.229. The van der Waals surface area contributed by atoms with Crippen LogP contribution in [0.1, 0.15) is 17.5 Å². The molecule has 4 rings (SSSR count). The molecule has 0 aliphatic carbocycles. The number of hydrogen-bond acceptors (Lipinski definition) is 4. The van der Waals surface area contributed by atoms with E-state index in [1.807, 2.05) is 48.5 Å². The Morgan fingerprint density at radius 1 is 0.853 bits per heavy atom. The summed E-state index contributed by atoms with van der Waals surface area (Å²) < 4.78 is 17.5. The van der Waals surface area contributed by atoms with Gasteiger partial charge in [-0.3, -0.25) is 4.79 Å². The Morgan fingerprint density at radius 3 is 2.32 bits per heavy atom. The molecule has 0 aliphatic rings. The number of H-pyrrole nitrogens is 1. The van der Waals surface area contributed by atoms with Crippen LogP contribution in [-0.4, -0.2) is 29.3 Å². The summed E-state index contributed by atoms with van der Waals surface area (Å²) in [4.78, 5) is 14.1. The number of nitrogens with one attached hydrogen (secondary N) is 1. The molecule has 0 saturated carbocycles. The van der Waals surface area contributed by atoms with Crippen molar-refractivity contribution in [1.82, 2.24) is 4.98 Å². The summed E-state index contributed by atoms with van der Waals surface area (Å²) in [7, 11) is 0. The van der Waals surface area contributed by atoms with Crippen LogP contribution >= 0.6 is 23.2 Å². The van der Waals surface area contributed by atoms with Gasteiger partial charge in [-0.05, 0) is 48.0 Å². The number of carbonyl (C=O) groups is 1. The van der Waals surface area contributed by atoms with Gasteiger partial charge < -0.3 is 24.3 Å². The maximum Gasteiger partial charge on any atom is 0.307 e. The predicted molar refractivity (Wildman–Crippen MR) is 132 cm³/mol. The van der Waals surface area contributed by atoms with Crippen molar-refractivity contribution >= 4 is 40.1 Å².